The zero-order valence-corrected chi connectivity index (χ0v) is 22.2. The number of amides is 1. The molecule has 2 fully saturated rings. The average molecular weight is 517 g/mol. The Balaban J connectivity index is 1.10. The fourth-order valence-corrected chi connectivity index (χ4v) is 5.74. The molecule has 5 rings (SSSR count). The number of benzene rings is 2. The summed E-state index contributed by atoms with van der Waals surface area (Å²) in [7, 11) is 0. The minimum Gasteiger partial charge on any atom is -0.508 e. The van der Waals surface area contributed by atoms with Crippen molar-refractivity contribution in [3.63, 3.8) is 0 Å². The molecule has 0 radical (unpaired) electrons. The van der Waals surface area contributed by atoms with Crippen molar-refractivity contribution in [2.75, 3.05) is 52.4 Å². The van der Waals surface area contributed by atoms with Gasteiger partial charge in [-0.1, -0.05) is 36.8 Å². The number of phenols is 1. The molecule has 3 aliphatic heterocycles. The number of carbonyl (C=O) groups excluding carboxylic acids is 1. The van der Waals surface area contributed by atoms with Crippen LogP contribution in [0.1, 0.15) is 59.5 Å². The lowest BCUT2D eigenvalue weighted by Gasteiger charge is -2.34. The number of rotatable bonds is 9. The summed E-state index contributed by atoms with van der Waals surface area (Å²) in [5.74, 6) is 1.43. The quantitative estimate of drug-likeness (QED) is 0.508. The maximum Gasteiger partial charge on any atom is 0.251 e. The number of hydrogen-bond acceptors (Lipinski definition) is 6. The lowest BCUT2D eigenvalue weighted by Crippen LogP contribution is -2.39. The largest absolute Gasteiger partial charge is 0.508 e. The van der Waals surface area contributed by atoms with Crippen molar-refractivity contribution in [3.8, 4) is 5.75 Å². The van der Waals surface area contributed by atoms with E-state index in [2.05, 4.69) is 32.1 Å². The summed E-state index contributed by atoms with van der Waals surface area (Å²) in [6.45, 7) is 7.82. The minimum atomic E-state index is 0.0634. The number of hydrogen-bond donors (Lipinski definition) is 2. The molecular formula is C31H40N4O3. The van der Waals surface area contributed by atoms with Crippen LogP contribution in [0.3, 0.4) is 0 Å². The predicted molar refractivity (Wildman–Crippen MR) is 150 cm³/mol. The van der Waals surface area contributed by atoms with E-state index in [1.54, 1.807) is 18.4 Å². The van der Waals surface area contributed by atoms with Crippen molar-refractivity contribution in [1.82, 2.24) is 20.0 Å². The molecule has 0 bridgehead atoms. The Hall–Kier alpha value is -3.29. The van der Waals surface area contributed by atoms with E-state index in [9.17, 15) is 9.90 Å². The van der Waals surface area contributed by atoms with Crippen LogP contribution in [0.4, 0.5) is 0 Å². The van der Waals surface area contributed by atoms with Crippen molar-refractivity contribution >= 4 is 11.7 Å². The van der Waals surface area contributed by atoms with Crippen LogP contribution in [0.5, 0.6) is 5.75 Å². The Morgan fingerprint density at radius 2 is 1.71 bits per heavy atom. The Labute approximate surface area is 226 Å². The van der Waals surface area contributed by atoms with Gasteiger partial charge >= 0.3 is 0 Å². The van der Waals surface area contributed by atoms with Crippen molar-refractivity contribution in [1.29, 1.82) is 0 Å². The van der Waals surface area contributed by atoms with Crippen molar-refractivity contribution < 1.29 is 14.6 Å². The summed E-state index contributed by atoms with van der Waals surface area (Å²) in [4.78, 5) is 20.2. The van der Waals surface area contributed by atoms with Gasteiger partial charge in [-0.2, -0.15) is 0 Å². The van der Waals surface area contributed by atoms with Gasteiger partial charge in [0.2, 0.25) is 0 Å². The third-order valence-electron chi connectivity index (χ3n) is 7.93. The molecule has 0 saturated carbocycles. The maximum atomic E-state index is 13.1. The van der Waals surface area contributed by atoms with E-state index in [4.69, 9.17) is 4.74 Å². The van der Waals surface area contributed by atoms with Crippen LogP contribution in [-0.2, 0) is 4.74 Å². The Morgan fingerprint density at radius 3 is 2.53 bits per heavy atom. The molecule has 0 unspecified atom stereocenters. The van der Waals surface area contributed by atoms with E-state index in [1.165, 1.54) is 24.8 Å². The number of phenolic OH excluding ortho intramolecular Hbond substituents is 1. The van der Waals surface area contributed by atoms with Crippen molar-refractivity contribution in [3.05, 3.63) is 83.9 Å². The molecule has 7 nitrogen and oxygen atoms in total. The molecule has 2 aromatic carbocycles. The summed E-state index contributed by atoms with van der Waals surface area (Å²) >= 11 is 0. The molecule has 2 saturated heterocycles. The fraction of sp³-hybridized carbons (Fsp3) is 0.452. The third kappa shape index (κ3) is 6.97. The van der Waals surface area contributed by atoms with Crippen LogP contribution in [0, 0.1) is 0 Å². The molecule has 2 aromatic rings. The van der Waals surface area contributed by atoms with Gasteiger partial charge in [-0.05, 0) is 81.5 Å². The monoisotopic (exact) mass is 516 g/mol. The smallest absolute Gasteiger partial charge is 0.251 e. The summed E-state index contributed by atoms with van der Waals surface area (Å²) in [6.07, 6.45) is 11.6. The zero-order valence-electron chi connectivity index (χ0n) is 22.2. The molecular weight excluding hydrogens is 476 g/mol. The van der Waals surface area contributed by atoms with E-state index in [0.717, 1.165) is 75.5 Å². The van der Waals surface area contributed by atoms with E-state index in [1.807, 2.05) is 36.7 Å². The molecule has 0 aliphatic carbocycles. The first kappa shape index (κ1) is 26.3. The molecule has 202 valence electrons. The standard InChI is InChI=1S/C31H40N4O3/c36-27-8-6-7-26(23-27)30-24-35(21-22-38-30)20-19-34-16-11-25(12-17-34)28-9-2-3-10-29(28)31(37)32-13-18-33-14-4-1-5-15-33/h2-3,6-10,21-25,36H,1,4-5,11-20H2,(H,32,37). The first-order chi connectivity index (χ1) is 18.7. The molecule has 2 N–H and O–H groups in total. The van der Waals surface area contributed by atoms with E-state index in [0.29, 0.717) is 12.5 Å². The molecule has 0 atom stereocenters. The maximum absolute atomic E-state index is 13.1. The number of nitrogens with zero attached hydrogens (tertiary/aromatic N) is 3. The van der Waals surface area contributed by atoms with Crippen LogP contribution in [-0.4, -0.2) is 78.1 Å². The second kappa shape index (κ2) is 13.0. The van der Waals surface area contributed by atoms with E-state index in [-0.39, 0.29) is 11.7 Å². The Morgan fingerprint density at radius 1 is 0.921 bits per heavy atom. The molecule has 0 aromatic heterocycles. The summed E-state index contributed by atoms with van der Waals surface area (Å²) in [6, 6.07) is 15.3. The Bertz CT molecular complexity index is 1130. The highest BCUT2D eigenvalue weighted by atomic mass is 16.5. The van der Waals surface area contributed by atoms with Gasteiger partial charge in [-0.3, -0.25) is 4.79 Å². The van der Waals surface area contributed by atoms with Gasteiger partial charge in [0.15, 0.2) is 0 Å². The lowest BCUT2D eigenvalue weighted by molar-refractivity contribution is 0.0944. The van der Waals surface area contributed by atoms with E-state index >= 15 is 0 Å². The van der Waals surface area contributed by atoms with Gasteiger partial charge in [-0.15, -0.1) is 0 Å². The van der Waals surface area contributed by atoms with Gasteiger partial charge in [0.05, 0.1) is 0 Å². The number of piperidine rings is 2. The van der Waals surface area contributed by atoms with Crippen LogP contribution in [0.25, 0.3) is 5.76 Å². The second-order valence-corrected chi connectivity index (χ2v) is 10.5. The van der Waals surface area contributed by atoms with Crippen LogP contribution < -0.4 is 5.32 Å². The topological polar surface area (TPSA) is 68.3 Å². The number of nitrogens with one attached hydrogen (secondary N) is 1. The first-order valence-corrected chi connectivity index (χ1v) is 14.1. The highest BCUT2D eigenvalue weighted by Crippen LogP contribution is 2.30. The molecule has 38 heavy (non-hydrogen) atoms. The van der Waals surface area contributed by atoms with Crippen LogP contribution in [0.15, 0.2) is 67.2 Å². The normalized spacial score (nSPS) is 19.2. The SMILES string of the molecule is O=C(NCCN1CCCCC1)c1ccccc1C1CCN(CCN2C=COC(c3cccc(O)c3)=C2)CC1. The second-order valence-electron chi connectivity index (χ2n) is 10.5. The van der Waals surface area contributed by atoms with Crippen molar-refractivity contribution in [2.45, 2.75) is 38.0 Å². The van der Waals surface area contributed by atoms with Gasteiger partial charge in [0, 0.05) is 49.7 Å². The van der Waals surface area contributed by atoms with Crippen LogP contribution >= 0.6 is 0 Å². The summed E-state index contributed by atoms with van der Waals surface area (Å²) in [5.41, 5.74) is 2.89. The molecule has 3 heterocycles. The van der Waals surface area contributed by atoms with Gasteiger partial charge < -0.3 is 29.9 Å². The number of likely N-dealkylation sites (tertiary alicyclic amines) is 2. The summed E-state index contributed by atoms with van der Waals surface area (Å²) in [5, 5.41) is 13.0. The number of carbonyl (C=O) groups is 1. The predicted octanol–water partition coefficient (Wildman–Crippen LogP) is 4.59. The molecule has 1 amide bonds. The molecule has 7 heteroatoms. The molecule has 0 spiro atoms. The van der Waals surface area contributed by atoms with Gasteiger partial charge in [0.1, 0.15) is 17.8 Å². The highest BCUT2D eigenvalue weighted by molar-refractivity contribution is 5.95. The highest BCUT2D eigenvalue weighted by Gasteiger charge is 2.24. The number of aromatic hydroxyl groups is 1. The summed E-state index contributed by atoms with van der Waals surface area (Å²) < 4.78 is 5.67. The lowest BCUT2D eigenvalue weighted by atomic mass is 9.86. The van der Waals surface area contributed by atoms with Gasteiger partial charge in [-0.25, -0.2) is 0 Å². The molecule has 3 aliphatic rings. The number of ether oxygens (including phenoxy) is 1. The minimum absolute atomic E-state index is 0.0634. The van der Waals surface area contributed by atoms with E-state index < -0.39 is 0 Å². The van der Waals surface area contributed by atoms with Gasteiger partial charge in [0.25, 0.3) is 5.91 Å². The zero-order chi connectivity index (χ0) is 26.2. The third-order valence-corrected chi connectivity index (χ3v) is 7.93. The first-order valence-electron chi connectivity index (χ1n) is 14.1. The van der Waals surface area contributed by atoms with Crippen LogP contribution in [0.2, 0.25) is 0 Å². The van der Waals surface area contributed by atoms with Crippen molar-refractivity contribution in [2.24, 2.45) is 0 Å². The average Bonchev–Trinajstić information content (AvgIpc) is 2.97. The fourth-order valence-electron chi connectivity index (χ4n) is 5.74. The Kier molecular flexibility index (Phi) is 8.99.